The van der Waals surface area contributed by atoms with Gasteiger partial charge in [-0.3, -0.25) is 9.69 Å². The van der Waals surface area contributed by atoms with Crippen LogP contribution in [0.3, 0.4) is 0 Å². The molecule has 3 fully saturated rings. The predicted molar refractivity (Wildman–Crippen MR) is 177 cm³/mol. The molecule has 2 bridgehead atoms. The number of carbonyl (C=O) groups is 1. The molecule has 0 spiro atoms. The van der Waals surface area contributed by atoms with Crippen molar-refractivity contribution in [3.8, 4) is 5.75 Å². The Bertz CT molecular complexity index is 1220. The molecule has 3 heterocycles. The minimum atomic E-state index is 0. The Balaban J connectivity index is 0.00000242. The van der Waals surface area contributed by atoms with E-state index in [0.29, 0.717) is 12.5 Å². The number of nitrogens with zero attached hydrogens (tertiary/aromatic N) is 2. The van der Waals surface area contributed by atoms with Crippen molar-refractivity contribution in [2.75, 3.05) is 33.3 Å². The molecule has 3 aromatic carbocycles. The minimum Gasteiger partial charge on any atom is -0.496 e. The molecule has 0 aromatic heterocycles. The first kappa shape index (κ1) is 33.9. The number of halogens is 2. The van der Waals surface area contributed by atoms with Gasteiger partial charge in [0, 0.05) is 49.7 Å². The van der Waals surface area contributed by atoms with Crippen LogP contribution in [0.25, 0.3) is 0 Å². The van der Waals surface area contributed by atoms with E-state index in [1.54, 1.807) is 7.11 Å². The number of piperidine rings is 3. The van der Waals surface area contributed by atoms with Gasteiger partial charge in [-0.15, -0.1) is 24.8 Å². The molecule has 0 saturated carbocycles. The largest absolute Gasteiger partial charge is 0.496 e. The number of aryl methyl sites for hydroxylation is 1. The van der Waals surface area contributed by atoms with Crippen molar-refractivity contribution < 1.29 is 9.53 Å². The number of rotatable bonds is 11. The average Bonchev–Trinajstić information content (AvgIpc) is 3.02. The summed E-state index contributed by atoms with van der Waals surface area (Å²) in [6, 6.07) is 28.8. The van der Waals surface area contributed by atoms with Gasteiger partial charge in [-0.25, -0.2) is 0 Å². The maximum Gasteiger partial charge on any atom is 0.227 e. The second-order valence-corrected chi connectivity index (χ2v) is 11.3. The number of ether oxygens (including phenoxy) is 1. The Labute approximate surface area is 264 Å². The number of hydrogen-bond acceptors (Lipinski definition) is 4. The molecule has 228 valence electrons. The van der Waals surface area contributed by atoms with Gasteiger partial charge in [0.2, 0.25) is 5.91 Å². The number of benzene rings is 3. The van der Waals surface area contributed by atoms with Crippen LogP contribution in [0.5, 0.6) is 5.75 Å². The molecule has 3 saturated heterocycles. The fraction of sp³-hybridized carbons (Fsp3) is 0.457. The number of hydrogen-bond donors (Lipinski definition) is 1. The van der Waals surface area contributed by atoms with Crippen LogP contribution in [0.4, 0.5) is 0 Å². The van der Waals surface area contributed by atoms with Crippen molar-refractivity contribution in [2.24, 2.45) is 11.8 Å². The molecule has 1 unspecified atom stereocenters. The lowest BCUT2D eigenvalue weighted by Gasteiger charge is -2.57. The van der Waals surface area contributed by atoms with Crippen LogP contribution in [0, 0.1) is 11.8 Å². The number of fused-ring (bicyclic) bond motifs is 3. The molecule has 6 rings (SSSR count). The third-order valence-electron chi connectivity index (χ3n) is 9.28. The Morgan fingerprint density at radius 2 is 1.57 bits per heavy atom. The van der Waals surface area contributed by atoms with Crippen LogP contribution in [-0.2, 0) is 17.8 Å². The lowest BCUT2D eigenvalue weighted by molar-refractivity contribution is -0.145. The fourth-order valence-corrected chi connectivity index (χ4v) is 7.22. The summed E-state index contributed by atoms with van der Waals surface area (Å²) >= 11 is 0. The summed E-state index contributed by atoms with van der Waals surface area (Å²) in [7, 11) is 1.75. The monoisotopic (exact) mass is 611 g/mol. The summed E-state index contributed by atoms with van der Waals surface area (Å²) in [4.78, 5) is 18.5. The quantitative estimate of drug-likeness (QED) is 0.266. The van der Waals surface area contributed by atoms with Gasteiger partial charge in [-0.05, 0) is 61.9 Å². The highest BCUT2D eigenvalue weighted by atomic mass is 35.5. The van der Waals surface area contributed by atoms with Crippen molar-refractivity contribution in [1.29, 1.82) is 0 Å². The molecular weight excluding hydrogens is 565 g/mol. The zero-order chi connectivity index (χ0) is 28.1. The van der Waals surface area contributed by atoms with Gasteiger partial charge in [0.05, 0.1) is 13.0 Å². The van der Waals surface area contributed by atoms with Gasteiger partial charge in [0.25, 0.3) is 0 Å². The first-order valence-corrected chi connectivity index (χ1v) is 15.1. The van der Waals surface area contributed by atoms with Crippen LogP contribution < -0.4 is 10.1 Å². The Morgan fingerprint density at radius 3 is 2.12 bits per heavy atom. The molecule has 1 amide bonds. The average molecular weight is 613 g/mol. The lowest BCUT2D eigenvalue weighted by atomic mass is 9.66. The van der Waals surface area contributed by atoms with Crippen LogP contribution >= 0.6 is 24.8 Å². The van der Waals surface area contributed by atoms with Gasteiger partial charge in [-0.1, -0.05) is 79.7 Å². The Kier molecular flexibility index (Phi) is 12.7. The van der Waals surface area contributed by atoms with Crippen molar-refractivity contribution in [2.45, 2.75) is 58.2 Å². The number of methoxy groups -OCH3 is 1. The first-order chi connectivity index (χ1) is 19.6. The zero-order valence-electron chi connectivity index (χ0n) is 25.4. The summed E-state index contributed by atoms with van der Waals surface area (Å²) in [5, 5.41) is 4.03. The van der Waals surface area contributed by atoms with Crippen molar-refractivity contribution in [1.82, 2.24) is 15.1 Å². The SMILES string of the molecule is CCc1ccc(OC)c(CN[C@H]2[C@H]3CCN(C[C@@H]3C(=O)N(CC)CC)[C@H]2C(c2ccccc2)c2ccccc2)c1.Cl.Cl. The van der Waals surface area contributed by atoms with Crippen LogP contribution in [0.2, 0.25) is 0 Å². The molecule has 7 heteroatoms. The highest BCUT2D eigenvalue weighted by Crippen LogP contribution is 2.45. The maximum absolute atomic E-state index is 13.8. The molecule has 3 aromatic rings. The Morgan fingerprint density at radius 1 is 0.952 bits per heavy atom. The van der Waals surface area contributed by atoms with E-state index in [1.165, 1.54) is 22.3 Å². The molecule has 3 aliphatic heterocycles. The van der Waals surface area contributed by atoms with Crippen molar-refractivity contribution in [3.05, 3.63) is 101 Å². The highest BCUT2D eigenvalue weighted by molar-refractivity contribution is 5.85. The summed E-state index contributed by atoms with van der Waals surface area (Å²) in [5.41, 5.74) is 5.15. The van der Waals surface area contributed by atoms with E-state index in [-0.39, 0.29) is 54.7 Å². The molecule has 5 nitrogen and oxygen atoms in total. The fourth-order valence-electron chi connectivity index (χ4n) is 7.22. The lowest BCUT2D eigenvalue weighted by Crippen LogP contribution is -2.69. The zero-order valence-corrected chi connectivity index (χ0v) is 27.0. The molecule has 0 radical (unpaired) electrons. The van der Waals surface area contributed by atoms with Gasteiger partial charge in [-0.2, -0.15) is 0 Å². The third kappa shape index (κ3) is 6.97. The summed E-state index contributed by atoms with van der Waals surface area (Å²) in [5.74, 6) is 1.72. The smallest absolute Gasteiger partial charge is 0.227 e. The number of amides is 1. The molecular formula is C35H47Cl2N3O2. The van der Waals surface area contributed by atoms with E-state index in [4.69, 9.17) is 4.74 Å². The minimum absolute atomic E-state index is 0. The van der Waals surface area contributed by atoms with E-state index in [1.807, 2.05) is 4.90 Å². The van der Waals surface area contributed by atoms with Crippen LogP contribution in [-0.4, -0.2) is 61.1 Å². The van der Waals surface area contributed by atoms with E-state index >= 15 is 0 Å². The highest BCUT2D eigenvalue weighted by Gasteiger charge is 2.52. The van der Waals surface area contributed by atoms with Gasteiger partial charge in [0.15, 0.2) is 0 Å². The van der Waals surface area contributed by atoms with Crippen molar-refractivity contribution in [3.63, 3.8) is 0 Å². The van der Waals surface area contributed by atoms with E-state index in [0.717, 1.165) is 44.8 Å². The summed E-state index contributed by atoms with van der Waals surface area (Å²) < 4.78 is 5.77. The van der Waals surface area contributed by atoms with Crippen LogP contribution in [0.15, 0.2) is 78.9 Å². The van der Waals surface area contributed by atoms with Crippen molar-refractivity contribution >= 4 is 30.7 Å². The predicted octanol–water partition coefficient (Wildman–Crippen LogP) is 6.58. The third-order valence-corrected chi connectivity index (χ3v) is 9.28. The van der Waals surface area contributed by atoms with E-state index < -0.39 is 0 Å². The van der Waals surface area contributed by atoms with Gasteiger partial charge >= 0.3 is 0 Å². The van der Waals surface area contributed by atoms with Crippen LogP contribution in [0.1, 0.15) is 55.4 Å². The van der Waals surface area contributed by atoms with E-state index in [9.17, 15) is 4.79 Å². The summed E-state index contributed by atoms with van der Waals surface area (Å²) in [6.07, 6.45) is 2.03. The summed E-state index contributed by atoms with van der Waals surface area (Å²) in [6.45, 7) is 10.5. The molecule has 0 aliphatic carbocycles. The standard InChI is InChI=1S/C35H45N3O2.2ClH/c1-5-25-18-19-31(40-4)28(22-25)23-36-33-29-20-21-38(24-30(29)35(39)37(6-2)7-3)34(33)32(26-14-10-8-11-15-26)27-16-12-9-13-17-27;;/h8-19,22,29-30,32-34,36H,5-7,20-21,23-24H2,1-4H3;2*1H/t29-,30-,33-,34-;;/m0../s1. The second kappa shape index (κ2) is 15.8. The molecule has 1 N–H and O–H groups in total. The molecule has 5 atom stereocenters. The van der Waals surface area contributed by atoms with E-state index in [2.05, 4.69) is 110 Å². The first-order valence-electron chi connectivity index (χ1n) is 15.1. The Hall–Kier alpha value is -2.57. The normalized spacial score (nSPS) is 22.6. The number of carbonyl (C=O) groups excluding carboxylic acids is 1. The topological polar surface area (TPSA) is 44.8 Å². The second-order valence-electron chi connectivity index (χ2n) is 11.3. The van der Waals surface area contributed by atoms with Gasteiger partial charge < -0.3 is 15.0 Å². The van der Waals surface area contributed by atoms with Gasteiger partial charge in [0.1, 0.15) is 5.75 Å². The number of nitrogens with one attached hydrogen (secondary N) is 1. The maximum atomic E-state index is 13.8. The molecule has 3 aliphatic rings. The molecule has 42 heavy (non-hydrogen) atoms.